The highest BCUT2D eigenvalue weighted by atomic mass is 16.5. The van der Waals surface area contributed by atoms with E-state index in [4.69, 9.17) is 10.00 Å². The van der Waals surface area contributed by atoms with Gasteiger partial charge in [-0.05, 0) is 6.42 Å². The Morgan fingerprint density at radius 2 is 2.71 bits per heavy atom. The first-order chi connectivity index (χ1) is 3.43. The van der Waals surface area contributed by atoms with Crippen LogP contribution in [0.5, 0.6) is 0 Å². The van der Waals surface area contributed by atoms with Gasteiger partial charge in [-0.3, -0.25) is 0 Å². The van der Waals surface area contributed by atoms with E-state index in [0.29, 0.717) is 0 Å². The van der Waals surface area contributed by atoms with Crippen molar-refractivity contribution in [2.45, 2.75) is 12.5 Å². The zero-order valence-electron chi connectivity index (χ0n) is 3.92. The van der Waals surface area contributed by atoms with Crippen molar-refractivity contribution in [3.63, 3.8) is 0 Å². The predicted molar refractivity (Wildman–Crippen MR) is 24.3 cm³/mol. The molecule has 1 rings (SSSR count). The minimum absolute atomic E-state index is 0.222. The Kier molecular flexibility index (Phi) is 1.28. The molecule has 37 valence electrons. The van der Waals surface area contributed by atoms with Gasteiger partial charge < -0.3 is 4.74 Å². The molecule has 7 heavy (non-hydrogen) atoms. The van der Waals surface area contributed by atoms with Gasteiger partial charge in [0.15, 0.2) is 0 Å². The van der Waals surface area contributed by atoms with Crippen molar-refractivity contribution in [3.8, 4) is 6.07 Å². The Labute approximate surface area is 42.7 Å². The van der Waals surface area contributed by atoms with Gasteiger partial charge in [0, 0.05) is 13.0 Å². The van der Waals surface area contributed by atoms with Crippen LogP contribution in [0.3, 0.4) is 0 Å². The van der Waals surface area contributed by atoms with Gasteiger partial charge in [0.25, 0.3) is 0 Å². The summed E-state index contributed by atoms with van der Waals surface area (Å²) in [5.74, 6) is 0. The number of nitriles is 1. The van der Waals surface area contributed by atoms with Gasteiger partial charge in [0.2, 0.25) is 0 Å². The topological polar surface area (TPSA) is 33.0 Å². The van der Waals surface area contributed by atoms with Gasteiger partial charge in [-0.2, -0.15) is 5.26 Å². The molecule has 2 heteroatoms. The maximum atomic E-state index is 8.16. The van der Waals surface area contributed by atoms with Crippen molar-refractivity contribution in [1.82, 2.24) is 0 Å². The first kappa shape index (κ1) is 4.61. The largest absolute Gasteiger partial charge is 0.363 e. The van der Waals surface area contributed by atoms with Crippen LogP contribution in [0.2, 0.25) is 0 Å². The fourth-order valence-electron chi connectivity index (χ4n) is 0.572. The molecule has 1 aliphatic heterocycles. The summed E-state index contributed by atoms with van der Waals surface area (Å²) in [6.07, 6.45) is 2.58. The lowest BCUT2D eigenvalue weighted by Gasteiger charge is -1.90. The molecular weight excluding hydrogens is 90.1 g/mol. The Balaban J connectivity index is 2.31. The standard InChI is InChI=1S/C5H6NO/c6-4-5-2-1-3-7-5/h2,5H,1,3H2. The number of hydrogen-bond acceptors (Lipinski definition) is 2. The Morgan fingerprint density at radius 1 is 1.86 bits per heavy atom. The second kappa shape index (κ2) is 1.94. The van der Waals surface area contributed by atoms with Crippen LogP contribution in [0.4, 0.5) is 0 Å². The van der Waals surface area contributed by atoms with E-state index >= 15 is 0 Å². The van der Waals surface area contributed by atoms with E-state index < -0.39 is 0 Å². The lowest BCUT2D eigenvalue weighted by Crippen LogP contribution is -1.98. The SMILES string of the molecule is N#CC1[CH]CCO1. The highest BCUT2D eigenvalue weighted by Crippen LogP contribution is 2.08. The van der Waals surface area contributed by atoms with Gasteiger partial charge in [-0.25, -0.2) is 0 Å². The summed E-state index contributed by atoms with van der Waals surface area (Å²) in [5, 5.41) is 8.16. The van der Waals surface area contributed by atoms with Crippen LogP contribution in [0.1, 0.15) is 6.42 Å². The molecule has 1 aliphatic rings. The smallest absolute Gasteiger partial charge is 0.147 e. The third kappa shape index (κ3) is 0.908. The van der Waals surface area contributed by atoms with E-state index in [2.05, 4.69) is 0 Å². The van der Waals surface area contributed by atoms with Crippen LogP contribution in [-0.4, -0.2) is 12.7 Å². The van der Waals surface area contributed by atoms with Crippen LogP contribution >= 0.6 is 0 Å². The van der Waals surface area contributed by atoms with Crippen LogP contribution < -0.4 is 0 Å². The fraction of sp³-hybridized carbons (Fsp3) is 0.600. The normalized spacial score (nSPS) is 29.9. The van der Waals surface area contributed by atoms with Crippen LogP contribution in [0.15, 0.2) is 0 Å². The maximum absolute atomic E-state index is 8.16. The number of nitrogens with zero attached hydrogens (tertiary/aromatic N) is 1. The second-order valence-electron chi connectivity index (χ2n) is 1.44. The number of rotatable bonds is 0. The molecular formula is C5H6NO. The van der Waals surface area contributed by atoms with Gasteiger partial charge >= 0.3 is 0 Å². The average Bonchev–Trinajstić information content (AvgIpc) is 2.14. The van der Waals surface area contributed by atoms with Crippen molar-refractivity contribution in [2.24, 2.45) is 0 Å². The molecule has 1 saturated heterocycles. The highest BCUT2D eigenvalue weighted by molar-refractivity contribution is 4.98. The Bertz CT molecular complexity index is 88.7. The molecule has 0 amide bonds. The Morgan fingerprint density at radius 3 is 3.00 bits per heavy atom. The lowest BCUT2D eigenvalue weighted by atomic mass is 10.3. The van der Waals surface area contributed by atoms with Crippen molar-refractivity contribution in [3.05, 3.63) is 6.42 Å². The molecule has 0 aromatic heterocycles. The lowest BCUT2D eigenvalue weighted by molar-refractivity contribution is 0.160. The minimum atomic E-state index is -0.222. The van der Waals surface area contributed by atoms with Crippen LogP contribution in [-0.2, 0) is 4.74 Å². The summed E-state index contributed by atoms with van der Waals surface area (Å²) in [6, 6.07) is 1.99. The summed E-state index contributed by atoms with van der Waals surface area (Å²) < 4.78 is 4.89. The third-order valence-corrected chi connectivity index (χ3v) is 0.923. The molecule has 0 spiro atoms. The van der Waals surface area contributed by atoms with Gasteiger partial charge in [-0.1, -0.05) is 0 Å². The average molecular weight is 96.1 g/mol. The van der Waals surface area contributed by atoms with E-state index in [-0.39, 0.29) is 6.10 Å². The van der Waals surface area contributed by atoms with Crippen LogP contribution in [0, 0.1) is 17.8 Å². The quantitative estimate of drug-likeness (QED) is 0.440. The fourth-order valence-corrected chi connectivity index (χ4v) is 0.572. The second-order valence-corrected chi connectivity index (χ2v) is 1.44. The van der Waals surface area contributed by atoms with Crippen LogP contribution in [0.25, 0.3) is 0 Å². The van der Waals surface area contributed by atoms with Gasteiger partial charge in [0.05, 0.1) is 6.07 Å². The third-order valence-electron chi connectivity index (χ3n) is 0.923. The van der Waals surface area contributed by atoms with Crippen molar-refractivity contribution >= 4 is 0 Å². The molecule has 1 radical (unpaired) electrons. The zero-order valence-corrected chi connectivity index (χ0v) is 3.92. The van der Waals surface area contributed by atoms with E-state index in [1.54, 1.807) is 0 Å². The summed E-state index contributed by atoms with van der Waals surface area (Å²) >= 11 is 0. The Hall–Kier alpha value is -0.550. The van der Waals surface area contributed by atoms with Gasteiger partial charge in [-0.15, -0.1) is 0 Å². The highest BCUT2D eigenvalue weighted by Gasteiger charge is 2.13. The molecule has 0 saturated carbocycles. The molecule has 1 heterocycles. The summed E-state index contributed by atoms with van der Waals surface area (Å²) in [6.45, 7) is 0.720. The molecule has 0 aliphatic carbocycles. The summed E-state index contributed by atoms with van der Waals surface area (Å²) in [5.41, 5.74) is 0. The predicted octanol–water partition coefficient (Wildman–Crippen LogP) is 0.503. The number of hydrogen-bond donors (Lipinski definition) is 0. The minimum Gasteiger partial charge on any atom is -0.363 e. The summed E-state index contributed by atoms with van der Waals surface area (Å²) in [7, 11) is 0. The first-order valence-corrected chi connectivity index (χ1v) is 2.28. The molecule has 0 aromatic carbocycles. The molecule has 1 atom stereocenters. The van der Waals surface area contributed by atoms with Gasteiger partial charge in [0.1, 0.15) is 6.10 Å². The van der Waals surface area contributed by atoms with Crippen molar-refractivity contribution < 1.29 is 4.74 Å². The number of ether oxygens (including phenoxy) is 1. The van der Waals surface area contributed by atoms with E-state index in [0.717, 1.165) is 13.0 Å². The molecule has 0 aromatic rings. The molecule has 1 fully saturated rings. The van der Waals surface area contributed by atoms with E-state index in [9.17, 15) is 0 Å². The summed E-state index contributed by atoms with van der Waals surface area (Å²) in [4.78, 5) is 0. The van der Waals surface area contributed by atoms with Crippen molar-refractivity contribution in [2.75, 3.05) is 6.61 Å². The molecule has 0 bridgehead atoms. The zero-order chi connectivity index (χ0) is 5.11. The molecule has 0 N–H and O–H groups in total. The first-order valence-electron chi connectivity index (χ1n) is 2.28. The molecule has 2 nitrogen and oxygen atoms in total. The molecule has 1 unspecified atom stereocenters. The van der Waals surface area contributed by atoms with Crippen molar-refractivity contribution in [1.29, 1.82) is 5.26 Å². The van der Waals surface area contributed by atoms with E-state index in [1.807, 2.05) is 12.5 Å². The monoisotopic (exact) mass is 96.0 g/mol. The maximum Gasteiger partial charge on any atom is 0.147 e. The van der Waals surface area contributed by atoms with E-state index in [1.165, 1.54) is 0 Å².